The van der Waals surface area contributed by atoms with Gasteiger partial charge in [0.25, 0.3) is 0 Å². The number of hydrogen-bond acceptors (Lipinski definition) is 3. The van der Waals surface area contributed by atoms with E-state index in [2.05, 4.69) is 10.6 Å². The summed E-state index contributed by atoms with van der Waals surface area (Å²) in [5.74, 6) is -0.602. The Morgan fingerprint density at radius 2 is 1.62 bits per heavy atom. The van der Waals surface area contributed by atoms with Crippen molar-refractivity contribution in [2.75, 3.05) is 13.2 Å². The van der Waals surface area contributed by atoms with Crippen molar-refractivity contribution in [3.8, 4) is 0 Å². The van der Waals surface area contributed by atoms with Crippen LogP contribution in [-0.4, -0.2) is 25.0 Å². The summed E-state index contributed by atoms with van der Waals surface area (Å²) in [5, 5.41) is 5.84. The molecule has 0 spiro atoms. The SMILES string of the molecule is O=C(CNC(=O)COCc1ccccc1Cl)NCc1ccccc1. The lowest BCUT2D eigenvalue weighted by molar-refractivity contribution is -0.129. The molecule has 0 unspecified atom stereocenters. The lowest BCUT2D eigenvalue weighted by Crippen LogP contribution is -2.38. The number of hydrogen-bond donors (Lipinski definition) is 2. The molecule has 0 bridgehead atoms. The number of carbonyl (C=O) groups is 2. The minimum absolute atomic E-state index is 0.0822. The van der Waals surface area contributed by atoms with Gasteiger partial charge in [-0.05, 0) is 17.2 Å². The van der Waals surface area contributed by atoms with Crippen molar-refractivity contribution in [1.82, 2.24) is 10.6 Å². The molecule has 0 aromatic heterocycles. The quantitative estimate of drug-likeness (QED) is 0.770. The van der Waals surface area contributed by atoms with E-state index >= 15 is 0 Å². The first kappa shape index (κ1) is 18.0. The number of benzene rings is 2. The lowest BCUT2D eigenvalue weighted by Gasteiger charge is -2.08. The Balaban J connectivity index is 1.60. The van der Waals surface area contributed by atoms with Crippen LogP contribution in [0.25, 0.3) is 0 Å². The van der Waals surface area contributed by atoms with Crippen LogP contribution in [0.3, 0.4) is 0 Å². The molecule has 0 aliphatic rings. The Labute approximate surface area is 146 Å². The van der Waals surface area contributed by atoms with Crippen LogP contribution in [0.2, 0.25) is 5.02 Å². The lowest BCUT2D eigenvalue weighted by atomic mass is 10.2. The molecule has 5 nitrogen and oxygen atoms in total. The normalized spacial score (nSPS) is 10.2. The van der Waals surface area contributed by atoms with E-state index in [1.165, 1.54) is 0 Å². The maximum absolute atomic E-state index is 11.7. The summed E-state index contributed by atoms with van der Waals surface area (Å²) in [4.78, 5) is 23.3. The molecule has 126 valence electrons. The first-order valence-electron chi connectivity index (χ1n) is 7.53. The summed E-state index contributed by atoms with van der Waals surface area (Å²) >= 11 is 5.99. The molecule has 2 aromatic rings. The van der Waals surface area contributed by atoms with Gasteiger partial charge in [-0.3, -0.25) is 9.59 Å². The largest absolute Gasteiger partial charge is 0.367 e. The van der Waals surface area contributed by atoms with Gasteiger partial charge in [-0.15, -0.1) is 0 Å². The monoisotopic (exact) mass is 346 g/mol. The molecule has 6 heteroatoms. The highest BCUT2D eigenvalue weighted by Gasteiger charge is 2.06. The average molecular weight is 347 g/mol. The third-order valence-electron chi connectivity index (χ3n) is 3.23. The van der Waals surface area contributed by atoms with Crippen LogP contribution in [0.1, 0.15) is 11.1 Å². The predicted molar refractivity (Wildman–Crippen MR) is 92.4 cm³/mol. The molecular formula is C18H19ClN2O3. The van der Waals surface area contributed by atoms with Gasteiger partial charge in [-0.25, -0.2) is 0 Å². The van der Waals surface area contributed by atoms with E-state index in [1.807, 2.05) is 48.5 Å². The summed E-state index contributed by atoms with van der Waals surface area (Å²) in [7, 11) is 0. The molecule has 2 rings (SSSR count). The predicted octanol–water partition coefficient (Wildman–Crippen LogP) is 2.29. The maximum Gasteiger partial charge on any atom is 0.246 e. The topological polar surface area (TPSA) is 67.4 Å². The highest BCUT2D eigenvalue weighted by atomic mass is 35.5. The zero-order chi connectivity index (χ0) is 17.2. The van der Waals surface area contributed by atoms with Crippen molar-refractivity contribution in [3.63, 3.8) is 0 Å². The van der Waals surface area contributed by atoms with Gasteiger partial charge >= 0.3 is 0 Å². The van der Waals surface area contributed by atoms with Gasteiger partial charge in [0.2, 0.25) is 11.8 Å². The molecule has 2 N–H and O–H groups in total. The number of rotatable bonds is 8. The third kappa shape index (κ3) is 6.40. The molecule has 0 aliphatic heterocycles. The highest BCUT2D eigenvalue weighted by molar-refractivity contribution is 6.31. The van der Waals surface area contributed by atoms with Gasteiger partial charge in [0.15, 0.2) is 0 Å². The van der Waals surface area contributed by atoms with E-state index in [-0.39, 0.29) is 31.6 Å². The van der Waals surface area contributed by atoms with Crippen LogP contribution in [0, 0.1) is 0 Å². The summed E-state index contributed by atoms with van der Waals surface area (Å²) in [6, 6.07) is 16.8. The summed E-state index contributed by atoms with van der Waals surface area (Å²) in [5.41, 5.74) is 1.81. The summed E-state index contributed by atoms with van der Waals surface area (Å²) < 4.78 is 5.30. The fourth-order valence-electron chi connectivity index (χ4n) is 1.96. The van der Waals surface area contributed by atoms with Crippen LogP contribution in [0.5, 0.6) is 0 Å². The van der Waals surface area contributed by atoms with Crippen molar-refractivity contribution in [3.05, 3.63) is 70.7 Å². The number of carbonyl (C=O) groups excluding carboxylic acids is 2. The Hall–Kier alpha value is -2.37. The first-order chi connectivity index (χ1) is 11.6. The smallest absolute Gasteiger partial charge is 0.246 e. The minimum Gasteiger partial charge on any atom is -0.367 e. The van der Waals surface area contributed by atoms with Crippen molar-refractivity contribution in [2.45, 2.75) is 13.2 Å². The van der Waals surface area contributed by atoms with Crippen LogP contribution in [-0.2, 0) is 27.5 Å². The van der Waals surface area contributed by atoms with Crippen molar-refractivity contribution in [1.29, 1.82) is 0 Å². The van der Waals surface area contributed by atoms with Gasteiger partial charge in [0.1, 0.15) is 6.61 Å². The van der Waals surface area contributed by atoms with Gasteiger partial charge in [0, 0.05) is 11.6 Å². The van der Waals surface area contributed by atoms with Gasteiger partial charge in [-0.1, -0.05) is 60.1 Å². The van der Waals surface area contributed by atoms with Crippen LogP contribution >= 0.6 is 11.6 Å². The zero-order valence-corrected chi connectivity index (χ0v) is 13.9. The van der Waals surface area contributed by atoms with Gasteiger partial charge in [0.05, 0.1) is 13.2 Å². The molecule has 24 heavy (non-hydrogen) atoms. The molecule has 2 aromatic carbocycles. The van der Waals surface area contributed by atoms with E-state index in [0.717, 1.165) is 11.1 Å². The number of amides is 2. The molecule has 2 amide bonds. The number of nitrogens with one attached hydrogen (secondary N) is 2. The second-order valence-electron chi connectivity index (χ2n) is 5.12. The van der Waals surface area contributed by atoms with Gasteiger partial charge < -0.3 is 15.4 Å². The Morgan fingerprint density at radius 1 is 0.917 bits per heavy atom. The number of halogens is 1. The molecule has 0 atom stereocenters. The summed E-state index contributed by atoms with van der Waals surface area (Å²) in [6.07, 6.45) is 0. The fraction of sp³-hybridized carbons (Fsp3) is 0.222. The second-order valence-corrected chi connectivity index (χ2v) is 5.53. The molecule has 0 fully saturated rings. The average Bonchev–Trinajstić information content (AvgIpc) is 2.61. The molecule has 0 saturated heterocycles. The molecule has 0 aliphatic carbocycles. The van der Waals surface area contributed by atoms with E-state index < -0.39 is 0 Å². The van der Waals surface area contributed by atoms with Crippen LogP contribution < -0.4 is 10.6 Å². The maximum atomic E-state index is 11.7. The molecular weight excluding hydrogens is 328 g/mol. The molecule has 0 saturated carbocycles. The number of ether oxygens (including phenoxy) is 1. The highest BCUT2D eigenvalue weighted by Crippen LogP contribution is 2.15. The van der Waals surface area contributed by atoms with Crippen molar-refractivity contribution in [2.24, 2.45) is 0 Å². The third-order valence-corrected chi connectivity index (χ3v) is 3.60. The van der Waals surface area contributed by atoms with Gasteiger partial charge in [-0.2, -0.15) is 0 Å². The Morgan fingerprint density at radius 3 is 2.38 bits per heavy atom. The fourth-order valence-corrected chi connectivity index (χ4v) is 2.15. The second kappa shape index (κ2) is 9.70. The first-order valence-corrected chi connectivity index (χ1v) is 7.91. The van der Waals surface area contributed by atoms with E-state index in [9.17, 15) is 9.59 Å². The van der Waals surface area contributed by atoms with E-state index in [0.29, 0.717) is 11.6 Å². The Kier molecular flexibility index (Phi) is 7.26. The minimum atomic E-state index is -0.350. The van der Waals surface area contributed by atoms with Crippen LogP contribution in [0.4, 0.5) is 0 Å². The Bertz CT molecular complexity index is 677. The van der Waals surface area contributed by atoms with Crippen molar-refractivity contribution >= 4 is 23.4 Å². The van der Waals surface area contributed by atoms with Crippen molar-refractivity contribution < 1.29 is 14.3 Å². The van der Waals surface area contributed by atoms with E-state index in [1.54, 1.807) is 6.07 Å². The molecule has 0 heterocycles. The van der Waals surface area contributed by atoms with Crippen LogP contribution in [0.15, 0.2) is 54.6 Å². The standard InChI is InChI=1S/C18H19ClN2O3/c19-16-9-5-4-8-15(16)12-24-13-18(23)21-11-17(22)20-10-14-6-2-1-3-7-14/h1-9H,10-13H2,(H,20,22)(H,21,23). The summed E-state index contributed by atoms with van der Waals surface area (Å²) in [6.45, 7) is 0.462. The molecule has 0 radical (unpaired) electrons. The zero-order valence-electron chi connectivity index (χ0n) is 13.1. The van der Waals surface area contributed by atoms with E-state index in [4.69, 9.17) is 16.3 Å².